The first-order valence-electron chi connectivity index (χ1n) is 10.3. The van der Waals surface area contributed by atoms with Crippen molar-refractivity contribution in [3.63, 3.8) is 0 Å². The number of nitrogens with zero attached hydrogens (tertiary/aromatic N) is 4. The molecule has 9 nitrogen and oxygen atoms in total. The molecule has 0 aromatic carbocycles. The molecule has 5 rings (SSSR count). The second-order valence-corrected chi connectivity index (χ2v) is 8.03. The molecule has 1 fully saturated rings. The quantitative estimate of drug-likeness (QED) is 0.514. The summed E-state index contributed by atoms with van der Waals surface area (Å²) in [6.07, 6.45) is 4.66. The van der Waals surface area contributed by atoms with Gasteiger partial charge in [0.2, 0.25) is 0 Å². The van der Waals surface area contributed by atoms with Gasteiger partial charge in [0.15, 0.2) is 5.75 Å². The van der Waals surface area contributed by atoms with E-state index in [4.69, 9.17) is 4.74 Å². The van der Waals surface area contributed by atoms with E-state index in [0.717, 1.165) is 16.6 Å². The van der Waals surface area contributed by atoms with Gasteiger partial charge in [-0.1, -0.05) is 0 Å². The Kier molecular flexibility index (Phi) is 4.63. The second-order valence-electron chi connectivity index (χ2n) is 8.03. The van der Waals surface area contributed by atoms with Crippen LogP contribution in [0.5, 0.6) is 11.5 Å². The topological polar surface area (TPSA) is 101 Å². The molecule has 4 aromatic rings. The number of aromatic nitrogens is 3. The molecule has 9 heteroatoms. The molecule has 0 saturated carbocycles. The lowest BCUT2D eigenvalue weighted by molar-refractivity contribution is 0.00585. The molecule has 0 bridgehead atoms. The van der Waals surface area contributed by atoms with Gasteiger partial charge in [0, 0.05) is 50.2 Å². The summed E-state index contributed by atoms with van der Waals surface area (Å²) >= 11 is 0. The Morgan fingerprint density at radius 1 is 1.22 bits per heavy atom. The second kappa shape index (κ2) is 7.38. The maximum Gasteiger partial charge on any atom is 0.268 e. The molecule has 0 spiro atoms. The number of ether oxygens (including phenoxy) is 1. The number of pyridine rings is 1. The van der Waals surface area contributed by atoms with Crippen molar-refractivity contribution in [2.24, 2.45) is 0 Å². The zero-order chi connectivity index (χ0) is 22.6. The number of fused-ring (bicyclic) bond motifs is 2. The molecule has 1 aliphatic heterocycles. The third-order valence-electron chi connectivity index (χ3n) is 5.87. The number of hydrogen-bond donors (Lipinski definition) is 2. The summed E-state index contributed by atoms with van der Waals surface area (Å²) in [4.78, 5) is 26.6. The predicted molar refractivity (Wildman–Crippen MR) is 117 cm³/mol. The standard InChI is InChI=1S/C23H23N5O4/c1-13-8-15-9-17(5-7-27(15)20(13)22(30)24-3)32-19-4-6-25-28-12-18(14(2)21(19)28)23(31)26-10-16(29)11-26/h4-9,12,16,29H,10-11H2,1-3H3,(H,24,30). The molecule has 32 heavy (non-hydrogen) atoms. The van der Waals surface area contributed by atoms with E-state index < -0.39 is 6.10 Å². The fourth-order valence-corrected chi connectivity index (χ4v) is 4.20. The highest BCUT2D eigenvalue weighted by Gasteiger charge is 2.31. The van der Waals surface area contributed by atoms with Crippen LogP contribution in [0.2, 0.25) is 0 Å². The van der Waals surface area contributed by atoms with Gasteiger partial charge in [-0.2, -0.15) is 5.10 Å². The van der Waals surface area contributed by atoms with Crippen LogP contribution in [-0.2, 0) is 0 Å². The number of rotatable bonds is 4. The van der Waals surface area contributed by atoms with Crippen molar-refractivity contribution in [2.75, 3.05) is 20.1 Å². The van der Waals surface area contributed by atoms with Crippen LogP contribution in [0.1, 0.15) is 32.0 Å². The average molecular weight is 433 g/mol. The smallest absolute Gasteiger partial charge is 0.268 e. The highest BCUT2D eigenvalue weighted by Crippen LogP contribution is 2.32. The lowest BCUT2D eigenvalue weighted by atomic mass is 10.1. The lowest BCUT2D eigenvalue weighted by Gasteiger charge is -2.35. The van der Waals surface area contributed by atoms with E-state index in [1.807, 2.05) is 30.4 Å². The molecule has 164 valence electrons. The molecule has 2 amide bonds. The van der Waals surface area contributed by atoms with Crippen LogP contribution >= 0.6 is 0 Å². The van der Waals surface area contributed by atoms with Crippen molar-refractivity contribution in [3.05, 3.63) is 65.2 Å². The van der Waals surface area contributed by atoms with E-state index in [2.05, 4.69) is 10.4 Å². The molecular weight excluding hydrogens is 410 g/mol. The molecule has 1 aliphatic rings. The van der Waals surface area contributed by atoms with Crippen LogP contribution in [0.25, 0.3) is 11.0 Å². The Morgan fingerprint density at radius 3 is 2.72 bits per heavy atom. The first kappa shape index (κ1) is 20.1. The highest BCUT2D eigenvalue weighted by molar-refractivity contribution is 5.99. The largest absolute Gasteiger partial charge is 0.455 e. The van der Waals surface area contributed by atoms with Gasteiger partial charge in [-0.05, 0) is 37.1 Å². The van der Waals surface area contributed by atoms with Gasteiger partial charge >= 0.3 is 0 Å². The van der Waals surface area contributed by atoms with E-state index in [0.29, 0.717) is 41.4 Å². The first-order chi connectivity index (χ1) is 15.4. The van der Waals surface area contributed by atoms with Crippen LogP contribution in [0, 0.1) is 13.8 Å². The third kappa shape index (κ3) is 3.09. The van der Waals surface area contributed by atoms with Crippen LogP contribution < -0.4 is 10.1 Å². The summed E-state index contributed by atoms with van der Waals surface area (Å²) in [5.74, 6) is 0.893. The molecule has 1 saturated heterocycles. The number of hydrogen-bond acceptors (Lipinski definition) is 5. The number of amides is 2. The maximum atomic E-state index is 12.8. The summed E-state index contributed by atoms with van der Waals surface area (Å²) in [5.41, 5.74) is 4.29. The fraction of sp³-hybridized carbons (Fsp3) is 0.261. The summed E-state index contributed by atoms with van der Waals surface area (Å²) in [7, 11) is 1.61. The Morgan fingerprint density at radius 2 is 2.00 bits per heavy atom. The van der Waals surface area contributed by atoms with E-state index in [1.165, 1.54) is 0 Å². The van der Waals surface area contributed by atoms with Crippen molar-refractivity contribution in [3.8, 4) is 11.5 Å². The monoisotopic (exact) mass is 433 g/mol. The molecule has 2 N–H and O–H groups in total. The number of carbonyl (C=O) groups is 2. The number of likely N-dealkylation sites (tertiary alicyclic amines) is 1. The number of carbonyl (C=O) groups excluding carboxylic acids is 2. The number of aliphatic hydroxyl groups is 1. The summed E-state index contributed by atoms with van der Waals surface area (Å²) in [6, 6.07) is 7.34. The molecule has 0 unspecified atom stereocenters. The zero-order valence-electron chi connectivity index (χ0n) is 18.0. The fourth-order valence-electron chi connectivity index (χ4n) is 4.20. The van der Waals surface area contributed by atoms with Gasteiger partial charge in [-0.25, -0.2) is 4.52 Å². The minimum atomic E-state index is -0.454. The SMILES string of the molecule is CNC(=O)c1c(C)cc2cc(Oc3ccnn4cc(C(=O)N5CC(O)C5)c(C)c34)ccn12. The van der Waals surface area contributed by atoms with Gasteiger partial charge in [0.25, 0.3) is 11.8 Å². The molecule has 4 aromatic heterocycles. The van der Waals surface area contributed by atoms with Crippen molar-refractivity contribution in [1.29, 1.82) is 0 Å². The normalized spacial score (nSPS) is 14.1. The minimum Gasteiger partial charge on any atom is -0.455 e. The zero-order valence-corrected chi connectivity index (χ0v) is 18.0. The van der Waals surface area contributed by atoms with E-state index >= 15 is 0 Å². The van der Waals surface area contributed by atoms with Crippen molar-refractivity contribution in [1.82, 2.24) is 24.2 Å². The Bertz CT molecular complexity index is 1380. The molecule has 5 heterocycles. The average Bonchev–Trinajstić information content (AvgIpc) is 3.27. The summed E-state index contributed by atoms with van der Waals surface area (Å²) < 4.78 is 9.65. The third-order valence-corrected chi connectivity index (χ3v) is 5.87. The number of β-amino-alcohol motifs (C(OH)–C–C–N with tert-alkyl or cyclic N) is 1. The van der Waals surface area contributed by atoms with Crippen LogP contribution in [0.3, 0.4) is 0 Å². The van der Waals surface area contributed by atoms with Crippen LogP contribution in [0.15, 0.2) is 42.9 Å². The summed E-state index contributed by atoms with van der Waals surface area (Å²) in [6.45, 7) is 4.44. The predicted octanol–water partition coefficient (Wildman–Crippen LogP) is 2.17. The molecular formula is C23H23N5O4. The first-order valence-corrected chi connectivity index (χ1v) is 10.3. The van der Waals surface area contributed by atoms with Gasteiger partial charge in [0.05, 0.1) is 17.9 Å². The maximum absolute atomic E-state index is 12.8. The van der Waals surface area contributed by atoms with Gasteiger partial charge in [-0.15, -0.1) is 0 Å². The Hall–Kier alpha value is -3.85. The van der Waals surface area contributed by atoms with Crippen molar-refractivity contribution in [2.45, 2.75) is 20.0 Å². The highest BCUT2D eigenvalue weighted by atomic mass is 16.5. The van der Waals surface area contributed by atoms with E-state index in [-0.39, 0.29) is 11.8 Å². The summed E-state index contributed by atoms with van der Waals surface area (Å²) in [5, 5.41) is 16.5. The number of aliphatic hydroxyl groups excluding tert-OH is 1. The van der Waals surface area contributed by atoms with E-state index in [9.17, 15) is 14.7 Å². The lowest BCUT2D eigenvalue weighted by Crippen LogP contribution is -2.53. The van der Waals surface area contributed by atoms with E-state index in [1.54, 1.807) is 47.2 Å². The van der Waals surface area contributed by atoms with Crippen LogP contribution in [0.4, 0.5) is 0 Å². The van der Waals surface area contributed by atoms with Gasteiger partial charge in [-0.3, -0.25) is 9.59 Å². The van der Waals surface area contributed by atoms with Crippen LogP contribution in [-0.4, -0.2) is 62.1 Å². The number of nitrogens with one attached hydrogen (secondary N) is 1. The van der Waals surface area contributed by atoms with Gasteiger partial charge < -0.3 is 24.5 Å². The van der Waals surface area contributed by atoms with Crippen molar-refractivity contribution < 1.29 is 19.4 Å². The molecule has 0 atom stereocenters. The molecule has 0 radical (unpaired) electrons. The van der Waals surface area contributed by atoms with Gasteiger partial charge in [0.1, 0.15) is 17.0 Å². The molecule has 0 aliphatic carbocycles. The minimum absolute atomic E-state index is 0.129. The number of aryl methyl sites for hydroxylation is 2. The van der Waals surface area contributed by atoms with Crippen molar-refractivity contribution >= 4 is 22.8 Å². The Balaban J connectivity index is 1.51. The Labute approximate surface area is 183 Å².